The van der Waals surface area contributed by atoms with Crippen LogP contribution in [0.4, 0.5) is 11.4 Å². The number of aromatic nitrogens is 1. The van der Waals surface area contributed by atoms with Gasteiger partial charge in [0.15, 0.2) is 11.5 Å². The van der Waals surface area contributed by atoms with E-state index in [0.717, 1.165) is 6.20 Å². The molecule has 1 N–H and O–H groups in total. The highest BCUT2D eigenvalue weighted by molar-refractivity contribution is 6.05. The Morgan fingerprint density at radius 3 is 2.52 bits per heavy atom. The molecule has 0 fully saturated rings. The molecule has 0 saturated carbocycles. The maximum absolute atomic E-state index is 12.3. The number of ether oxygens (including phenoxy) is 2. The number of benzene rings is 1. The number of aryl methyl sites for hydroxylation is 1. The van der Waals surface area contributed by atoms with Gasteiger partial charge in [-0.2, -0.15) is 0 Å². The minimum atomic E-state index is -0.598. The molecule has 0 bridgehead atoms. The van der Waals surface area contributed by atoms with Gasteiger partial charge in [0.2, 0.25) is 0 Å². The zero-order chi connectivity index (χ0) is 17.0. The lowest BCUT2D eigenvalue weighted by atomic mass is 10.1. The Kier molecular flexibility index (Phi) is 4.75. The smallest absolute Gasteiger partial charge is 0.288 e. The van der Waals surface area contributed by atoms with Crippen molar-refractivity contribution < 1.29 is 19.2 Å². The lowest BCUT2D eigenvalue weighted by Gasteiger charge is -2.11. The van der Waals surface area contributed by atoms with Gasteiger partial charge in [0.05, 0.1) is 30.4 Å². The van der Waals surface area contributed by atoms with Crippen LogP contribution in [-0.4, -0.2) is 30.0 Å². The summed E-state index contributed by atoms with van der Waals surface area (Å²) in [5.41, 5.74) is 0.758. The highest BCUT2D eigenvalue weighted by Crippen LogP contribution is 2.30. The molecule has 0 spiro atoms. The van der Waals surface area contributed by atoms with E-state index in [1.54, 1.807) is 25.1 Å². The Labute approximate surface area is 132 Å². The van der Waals surface area contributed by atoms with Crippen LogP contribution in [0.2, 0.25) is 0 Å². The molecule has 2 rings (SSSR count). The summed E-state index contributed by atoms with van der Waals surface area (Å²) < 4.78 is 10.3. The average Bonchev–Trinajstić information content (AvgIpc) is 2.54. The lowest BCUT2D eigenvalue weighted by Crippen LogP contribution is -2.14. The summed E-state index contributed by atoms with van der Waals surface area (Å²) in [5.74, 6) is 0.490. The van der Waals surface area contributed by atoms with Gasteiger partial charge in [0.1, 0.15) is 6.20 Å². The highest BCUT2D eigenvalue weighted by Gasteiger charge is 2.16. The van der Waals surface area contributed by atoms with E-state index in [-0.39, 0.29) is 11.3 Å². The molecule has 8 heteroatoms. The number of anilines is 1. The summed E-state index contributed by atoms with van der Waals surface area (Å²) in [5, 5.41) is 13.5. The van der Waals surface area contributed by atoms with Crippen molar-refractivity contribution in [2.24, 2.45) is 0 Å². The second-order valence-electron chi connectivity index (χ2n) is 4.61. The third kappa shape index (κ3) is 3.54. The molecule has 1 heterocycles. The van der Waals surface area contributed by atoms with Crippen molar-refractivity contribution in [3.05, 3.63) is 51.8 Å². The summed E-state index contributed by atoms with van der Waals surface area (Å²) >= 11 is 0. The molecule has 0 aliphatic rings. The summed E-state index contributed by atoms with van der Waals surface area (Å²) in [7, 11) is 2.99. The Hall–Kier alpha value is -3.16. The van der Waals surface area contributed by atoms with Crippen LogP contribution in [0.3, 0.4) is 0 Å². The van der Waals surface area contributed by atoms with Crippen molar-refractivity contribution in [3.63, 3.8) is 0 Å². The molecule has 8 nitrogen and oxygen atoms in total. The number of nitrogens with one attached hydrogen (secondary N) is 1. The van der Waals surface area contributed by atoms with Gasteiger partial charge in [0, 0.05) is 17.8 Å². The molecule has 0 aliphatic carbocycles. The number of nitro groups is 1. The van der Waals surface area contributed by atoms with E-state index < -0.39 is 10.8 Å². The average molecular weight is 317 g/mol. The zero-order valence-electron chi connectivity index (χ0n) is 12.8. The topological polar surface area (TPSA) is 104 Å². The molecule has 0 radical (unpaired) electrons. The minimum Gasteiger partial charge on any atom is -0.493 e. The Bertz CT molecular complexity index is 761. The van der Waals surface area contributed by atoms with Gasteiger partial charge >= 0.3 is 0 Å². The van der Waals surface area contributed by atoms with Crippen LogP contribution >= 0.6 is 0 Å². The molecule has 0 saturated heterocycles. The number of carbonyl (C=O) groups is 1. The molecule has 1 aromatic carbocycles. The molecular weight excluding hydrogens is 302 g/mol. The number of amides is 1. The van der Waals surface area contributed by atoms with E-state index >= 15 is 0 Å². The van der Waals surface area contributed by atoms with Gasteiger partial charge in [-0.15, -0.1) is 0 Å². The van der Waals surface area contributed by atoms with Crippen LogP contribution < -0.4 is 14.8 Å². The fourth-order valence-corrected chi connectivity index (χ4v) is 1.96. The van der Waals surface area contributed by atoms with Crippen LogP contribution in [0, 0.1) is 17.0 Å². The maximum atomic E-state index is 12.3. The zero-order valence-corrected chi connectivity index (χ0v) is 12.8. The summed E-state index contributed by atoms with van der Waals surface area (Å²) in [6, 6.07) is 6.07. The van der Waals surface area contributed by atoms with Crippen LogP contribution in [-0.2, 0) is 0 Å². The summed E-state index contributed by atoms with van der Waals surface area (Å²) in [4.78, 5) is 26.4. The van der Waals surface area contributed by atoms with Gasteiger partial charge in [-0.1, -0.05) is 0 Å². The molecule has 1 amide bonds. The molecule has 2 aromatic rings. The molecule has 1 aromatic heterocycles. The molecule has 0 aliphatic heterocycles. The number of pyridine rings is 1. The van der Waals surface area contributed by atoms with E-state index in [0.29, 0.717) is 22.9 Å². The third-order valence-electron chi connectivity index (χ3n) is 3.17. The van der Waals surface area contributed by atoms with E-state index in [4.69, 9.17) is 9.47 Å². The predicted molar refractivity (Wildman–Crippen MR) is 83.1 cm³/mol. The van der Waals surface area contributed by atoms with Crippen molar-refractivity contribution in [1.82, 2.24) is 4.98 Å². The number of hydrogen-bond acceptors (Lipinski definition) is 6. The Morgan fingerprint density at radius 1 is 1.22 bits per heavy atom. The van der Waals surface area contributed by atoms with Gasteiger partial charge in [0.25, 0.3) is 11.6 Å². The lowest BCUT2D eigenvalue weighted by molar-refractivity contribution is -0.385. The number of hydrogen-bond donors (Lipinski definition) is 1. The second-order valence-corrected chi connectivity index (χ2v) is 4.61. The van der Waals surface area contributed by atoms with E-state index in [1.165, 1.54) is 20.3 Å². The van der Waals surface area contributed by atoms with Crippen LogP contribution in [0.5, 0.6) is 11.5 Å². The van der Waals surface area contributed by atoms with E-state index in [1.807, 2.05) is 0 Å². The fraction of sp³-hybridized carbons (Fsp3) is 0.200. The first kappa shape index (κ1) is 16.2. The first-order valence-corrected chi connectivity index (χ1v) is 6.60. The summed E-state index contributed by atoms with van der Waals surface area (Å²) in [6.07, 6.45) is 1.11. The molecule has 120 valence electrons. The molecule has 0 unspecified atom stereocenters. The van der Waals surface area contributed by atoms with E-state index in [2.05, 4.69) is 10.3 Å². The van der Waals surface area contributed by atoms with Gasteiger partial charge in [-0.3, -0.25) is 19.9 Å². The standard InChI is InChI=1S/C15H15N3O5/c1-9-12(7-11(8-16-9)18(20)21)15(19)17-10-4-5-13(22-2)14(6-10)23-3/h4-8H,1-3H3,(H,17,19). The molecule has 0 atom stereocenters. The predicted octanol–water partition coefficient (Wildman–Crippen LogP) is 2.57. The number of nitrogens with zero attached hydrogens (tertiary/aromatic N) is 2. The maximum Gasteiger partial charge on any atom is 0.288 e. The van der Waals surface area contributed by atoms with Crippen LogP contribution in [0.25, 0.3) is 0 Å². The number of methoxy groups -OCH3 is 2. The van der Waals surface area contributed by atoms with E-state index in [9.17, 15) is 14.9 Å². The van der Waals surface area contributed by atoms with Crippen molar-refractivity contribution in [1.29, 1.82) is 0 Å². The second kappa shape index (κ2) is 6.73. The number of rotatable bonds is 5. The Morgan fingerprint density at radius 2 is 1.91 bits per heavy atom. The monoisotopic (exact) mass is 317 g/mol. The minimum absolute atomic E-state index is 0.133. The quantitative estimate of drug-likeness (QED) is 0.671. The van der Waals surface area contributed by atoms with Gasteiger partial charge in [-0.05, 0) is 19.1 Å². The van der Waals surface area contributed by atoms with Gasteiger partial charge in [-0.25, -0.2) is 0 Å². The summed E-state index contributed by atoms with van der Waals surface area (Å²) in [6.45, 7) is 1.60. The van der Waals surface area contributed by atoms with Gasteiger partial charge < -0.3 is 14.8 Å². The first-order chi connectivity index (χ1) is 11.0. The SMILES string of the molecule is COc1ccc(NC(=O)c2cc([N+](=O)[O-])cnc2C)cc1OC. The first-order valence-electron chi connectivity index (χ1n) is 6.60. The third-order valence-corrected chi connectivity index (χ3v) is 3.17. The normalized spacial score (nSPS) is 10.0. The van der Waals surface area contributed by atoms with Crippen LogP contribution in [0.1, 0.15) is 16.1 Å². The molecular formula is C15H15N3O5. The molecule has 23 heavy (non-hydrogen) atoms. The van der Waals surface area contributed by atoms with Crippen LogP contribution in [0.15, 0.2) is 30.5 Å². The fourth-order valence-electron chi connectivity index (χ4n) is 1.96. The Balaban J connectivity index is 2.29. The van der Waals surface area contributed by atoms with Crippen molar-refractivity contribution in [2.45, 2.75) is 6.92 Å². The highest BCUT2D eigenvalue weighted by atomic mass is 16.6. The van der Waals surface area contributed by atoms with Crippen molar-refractivity contribution >= 4 is 17.3 Å². The number of carbonyl (C=O) groups excluding carboxylic acids is 1. The largest absolute Gasteiger partial charge is 0.493 e. The van der Waals surface area contributed by atoms with Crippen molar-refractivity contribution in [2.75, 3.05) is 19.5 Å². The van der Waals surface area contributed by atoms with Crippen molar-refractivity contribution in [3.8, 4) is 11.5 Å².